The number of aryl methyl sites for hydroxylation is 1. The Bertz CT molecular complexity index is 707. The standard InChI is InChI=1S/C20H26O5/c1-19-7-6-14-13(18(22)23-3)10-25-17(21)8-20(14,2)16(19)5-4-12-9-24-11-15(12)19/h9,11,13-14,16H,4-8,10H2,1-3H3/t13-,14+,16-,19-,20+/m0/s1. The number of esters is 2. The quantitative estimate of drug-likeness (QED) is 0.730. The van der Waals surface area contributed by atoms with Crippen LogP contribution in [0, 0.1) is 23.2 Å². The van der Waals surface area contributed by atoms with Crippen molar-refractivity contribution in [3.05, 3.63) is 23.7 Å². The number of methoxy groups -OCH3 is 1. The van der Waals surface area contributed by atoms with Gasteiger partial charge in [0.25, 0.3) is 0 Å². The van der Waals surface area contributed by atoms with E-state index in [1.807, 2.05) is 12.5 Å². The van der Waals surface area contributed by atoms with Crippen LogP contribution in [0.25, 0.3) is 0 Å². The van der Waals surface area contributed by atoms with Crippen molar-refractivity contribution < 1.29 is 23.5 Å². The maximum atomic E-state index is 12.4. The molecule has 1 aromatic rings. The Morgan fingerprint density at radius 1 is 1.28 bits per heavy atom. The number of hydrogen-bond donors (Lipinski definition) is 0. The predicted molar refractivity (Wildman–Crippen MR) is 89.8 cm³/mol. The number of carbonyl (C=O) groups is 2. The minimum absolute atomic E-state index is 0.0167. The predicted octanol–water partition coefficient (Wildman–Crippen LogP) is 3.25. The van der Waals surface area contributed by atoms with Crippen molar-refractivity contribution in [1.29, 1.82) is 0 Å². The lowest BCUT2D eigenvalue weighted by atomic mass is 9.45. The third-order valence-electron chi connectivity index (χ3n) is 7.39. The molecule has 0 N–H and O–H groups in total. The van der Waals surface area contributed by atoms with Crippen molar-refractivity contribution in [3.63, 3.8) is 0 Å². The molecule has 0 spiro atoms. The topological polar surface area (TPSA) is 65.7 Å². The number of rotatable bonds is 1. The molecule has 2 fully saturated rings. The van der Waals surface area contributed by atoms with Gasteiger partial charge in [0.05, 0.1) is 32.0 Å². The molecule has 0 radical (unpaired) electrons. The van der Waals surface area contributed by atoms with Crippen LogP contribution in [-0.4, -0.2) is 25.7 Å². The normalized spacial score (nSPS) is 40.1. The zero-order valence-corrected chi connectivity index (χ0v) is 15.2. The highest BCUT2D eigenvalue weighted by Gasteiger charge is 2.60. The molecule has 5 heteroatoms. The fraction of sp³-hybridized carbons (Fsp3) is 0.700. The SMILES string of the molecule is COC(=O)[C@H]1COC(=O)C[C@]2(C)[C@@H]1CC[C@@]1(C)c3cocc3CC[C@H]21. The van der Waals surface area contributed by atoms with E-state index in [0.29, 0.717) is 12.3 Å². The molecule has 0 unspecified atom stereocenters. The fourth-order valence-electron chi connectivity index (χ4n) is 6.19. The Kier molecular flexibility index (Phi) is 3.74. The molecule has 0 bridgehead atoms. The molecular formula is C20H26O5. The molecule has 1 aliphatic heterocycles. The Balaban J connectivity index is 1.79. The number of cyclic esters (lactones) is 1. The summed E-state index contributed by atoms with van der Waals surface area (Å²) < 4.78 is 15.9. The monoisotopic (exact) mass is 346 g/mol. The lowest BCUT2D eigenvalue weighted by Crippen LogP contribution is -2.55. The first-order chi connectivity index (χ1) is 11.9. The van der Waals surface area contributed by atoms with Crippen LogP contribution >= 0.6 is 0 Å². The highest BCUT2D eigenvalue weighted by Crippen LogP contribution is 2.62. The summed E-state index contributed by atoms with van der Waals surface area (Å²) in [6.07, 6.45) is 7.99. The van der Waals surface area contributed by atoms with E-state index >= 15 is 0 Å². The molecule has 136 valence electrons. The Morgan fingerprint density at radius 2 is 2.08 bits per heavy atom. The second kappa shape index (κ2) is 5.61. The van der Waals surface area contributed by atoms with Gasteiger partial charge in [0, 0.05) is 0 Å². The minimum atomic E-state index is -0.364. The van der Waals surface area contributed by atoms with Crippen LogP contribution in [0.4, 0.5) is 0 Å². The van der Waals surface area contributed by atoms with Gasteiger partial charge in [0.1, 0.15) is 6.61 Å². The maximum absolute atomic E-state index is 12.4. The van der Waals surface area contributed by atoms with Crippen molar-refractivity contribution in [2.45, 2.75) is 51.4 Å². The second-order valence-electron chi connectivity index (χ2n) is 8.46. The molecule has 25 heavy (non-hydrogen) atoms. The van der Waals surface area contributed by atoms with Crippen molar-refractivity contribution >= 4 is 11.9 Å². The van der Waals surface area contributed by atoms with Crippen molar-refractivity contribution in [3.8, 4) is 0 Å². The Hall–Kier alpha value is -1.78. The van der Waals surface area contributed by atoms with E-state index in [0.717, 1.165) is 25.7 Å². The first kappa shape index (κ1) is 16.7. The van der Waals surface area contributed by atoms with Gasteiger partial charge in [0.2, 0.25) is 0 Å². The molecule has 2 aliphatic carbocycles. The van der Waals surface area contributed by atoms with Gasteiger partial charge in [0.15, 0.2) is 0 Å². The highest BCUT2D eigenvalue weighted by atomic mass is 16.5. The van der Waals surface area contributed by atoms with Crippen LogP contribution in [0.2, 0.25) is 0 Å². The molecular weight excluding hydrogens is 320 g/mol. The Morgan fingerprint density at radius 3 is 2.84 bits per heavy atom. The summed E-state index contributed by atoms with van der Waals surface area (Å²) in [4.78, 5) is 24.8. The largest absolute Gasteiger partial charge is 0.472 e. The first-order valence-corrected chi connectivity index (χ1v) is 9.19. The summed E-state index contributed by atoms with van der Waals surface area (Å²) >= 11 is 0. The molecule has 4 rings (SSSR count). The van der Waals surface area contributed by atoms with Gasteiger partial charge < -0.3 is 13.9 Å². The van der Waals surface area contributed by atoms with Gasteiger partial charge in [-0.05, 0) is 59.5 Å². The fourth-order valence-corrected chi connectivity index (χ4v) is 6.19. The van der Waals surface area contributed by atoms with Crippen molar-refractivity contribution in [1.82, 2.24) is 0 Å². The van der Waals surface area contributed by atoms with Crippen LogP contribution in [-0.2, 0) is 30.9 Å². The third kappa shape index (κ3) is 2.27. The molecule has 1 aromatic heterocycles. The van der Waals surface area contributed by atoms with Crippen LogP contribution in [0.1, 0.15) is 50.7 Å². The van der Waals surface area contributed by atoms with E-state index in [2.05, 4.69) is 13.8 Å². The number of furan rings is 1. The average molecular weight is 346 g/mol. The third-order valence-corrected chi connectivity index (χ3v) is 7.39. The van der Waals surface area contributed by atoms with Crippen LogP contribution in [0.15, 0.2) is 16.9 Å². The van der Waals surface area contributed by atoms with E-state index in [1.165, 1.54) is 18.2 Å². The number of fused-ring (bicyclic) bond motifs is 5. The molecule has 1 saturated carbocycles. The summed E-state index contributed by atoms with van der Waals surface area (Å²) in [6, 6.07) is 0. The lowest BCUT2D eigenvalue weighted by Gasteiger charge is -2.58. The molecule has 0 aromatic carbocycles. The molecule has 5 atom stereocenters. The highest BCUT2D eigenvalue weighted by molar-refractivity contribution is 5.76. The number of ether oxygens (including phenoxy) is 2. The summed E-state index contributed by atoms with van der Waals surface area (Å²) in [5.41, 5.74) is 2.29. The summed E-state index contributed by atoms with van der Waals surface area (Å²) in [5.74, 6) is -0.383. The first-order valence-electron chi connectivity index (χ1n) is 9.19. The number of carbonyl (C=O) groups excluding carboxylic acids is 2. The van der Waals surface area contributed by atoms with E-state index < -0.39 is 0 Å². The molecule has 1 saturated heterocycles. The zero-order chi connectivity index (χ0) is 17.8. The zero-order valence-electron chi connectivity index (χ0n) is 15.2. The van der Waals surface area contributed by atoms with Crippen LogP contribution in [0.3, 0.4) is 0 Å². The van der Waals surface area contributed by atoms with E-state index in [-0.39, 0.29) is 41.2 Å². The molecule has 0 amide bonds. The summed E-state index contributed by atoms with van der Waals surface area (Å²) in [6.45, 7) is 4.63. The maximum Gasteiger partial charge on any atom is 0.312 e. The Labute approximate surface area is 148 Å². The van der Waals surface area contributed by atoms with Gasteiger partial charge in [-0.1, -0.05) is 13.8 Å². The van der Waals surface area contributed by atoms with Gasteiger partial charge in [-0.15, -0.1) is 0 Å². The smallest absolute Gasteiger partial charge is 0.312 e. The van der Waals surface area contributed by atoms with E-state index in [9.17, 15) is 9.59 Å². The van der Waals surface area contributed by atoms with Gasteiger partial charge >= 0.3 is 11.9 Å². The molecule has 2 heterocycles. The van der Waals surface area contributed by atoms with Gasteiger partial charge in [-0.3, -0.25) is 9.59 Å². The molecule has 3 aliphatic rings. The summed E-state index contributed by atoms with van der Waals surface area (Å²) in [5, 5.41) is 0. The molecule has 5 nitrogen and oxygen atoms in total. The van der Waals surface area contributed by atoms with Gasteiger partial charge in [-0.25, -0.2) is 0 Å². The number of hydrogen-bond acceptors (Lipinski definition) is 5. The summed E-state index contributed by atoms with van der Waals surface area (Å²) in [7, 11) is 1.41. The van der Waals surface area contributed by atoms with Crippen molar-refractivity contribution in [2.24, 2.45) is 23.2 Å². The average Bonchev–Trinajstić information content (AvgIpc) is 3.01. The van der Waals surface area contributed by atoms with Crippen LogP contribution in [0.5, 0.6) is 0 Å². The van der Waals surface area contributed by atoms with Gasteiger partial charge in [-0.2, -0.15) is 0 Å². The minimum Gasteiger partial charge on any atom is -0.472 e. The van der Waals surface area contributed by atoms with Crippen LogP contribution < -0.4 is 0 Å². The van der Waals surface area contributed by atoms with E-state index in [4.69, 9.17) is 13.9 Å². The lowest BCUT2D eigenvalue weighted by molar-refractivity contribution is -0.154. The van der Waals surface area contributed by atoms with Crippen molar-refractivity contribution in [2.75, 3.05) is 13.7 Å². The van der Waals surface area contributed by atoms with E-state index in [1.54, 1.807) is 0 Å². The second-order valence-corrected chi connectivity index (χ2v) is 8.46.